The molecular weight excluding hydrogens is 140 g/mol. The van der Waals surface area contributed by atoms with E-state index in [4.69, 9.17) is 5.11 Å². The largest absolute Gasteiger partial charge is 0.393 e. The van der Waals surface area contributed by atoms with Crippen LogP contribution in [0.4, 0.5) is 0 Å². The lowest BCUT2D eigenvalue weighted by Gasteiger charge is -2.11. The van der Waals surface area contributed by atoms with Gasteiger partial charge in [-0.25, -0.2) is 0 Å². The van der Waals surface area contributed by atoms with Crippen LogP contribution < -0.4 is 0 Å². The molecule has 0 bridgehead atoms. The van der Waals surface area contributed by atoms with Crippen LogP contribution in [0.2, 0.25) is 0 Å². The molecule has 0 saturated heterocycles. The normalized spacial score (nSPS) is 16.4. The molecule has 0 aliphatic carbocycles. The van der Waals surface area contributed by atoms with Crippen molar-refractivity contribution in [1.29, 1.82) is 0 Å². The van der Waals surface area contributed by atoms with Crippen molar-refractivity contribution in [1.82, 2.24) is 0 Å². The lowest BCUT2D eigenvalue weighted by molar-refractivity contribution is 0.106. The molecule has 0 aromatic heterocycles. The zero-order valence-electron chi connectivity index (χ0n) is 7.58. The topological polar surface area (TPSA) is 40.5 Å². The third-order valence-corrected chi connectivity index (χ3v) is 1.93. The second-order valence-electron chi connectivity index (χ2n) is 3.08. The van der Waals surface area contributed by atoms with Crippen LogP contribution >= 0.6 is 0 Å². The number of hydrogen-bond donors (Lipinski definition) is 2. The highest BCUT2D eigenvalue weighted by atomic mass is 16.3. The first-order valence-electron chi connectivity index (χ1n) is 4.56. The zero-order chi connectivity index (χ0) is 8.69. The summed E-state index contributed by atoms with van der Waals surface area (Å²) in [6.45, 7) is 4.01. The molecular formula is C9H20O2. The molecule has 2 atom stereocenters. The van der Waals surface area contributed by atoms with Gasteiger partial charge in [-0.05, 0) is 25.7 Å². The fourth-order valence-corrected chi connectivity index (χ4v) is 1.07. The van der Waals surface area contributed by atoms with Crippen LogP contribution in [0.1, 0.15) is 46.0 Å². The Bertz CT molecular complexity index is 83.6. The summed E-state index contributed by atoms with van der Waals surface area (Å²) in [6.07, 6.45) is 3.71. The van der Waals surface area contributed by atoms with Gasteiger partial charge in [-0.1, -0.05) is 20.3 Å². The Morgan fingerprint density at radius 1 is 0.909 bits per heavy atom. The summed E-state index contributed by atoms with van der Waals surface area (Å²) in [5, 5.41) is 18.4. The Balaban J connectivity index is 3.22. The quantitative estimate of drug-likeness (QED) is 0.621. The standard InChI is InChI=1S/C9H20O2/c1-3-5-9(11)7-6-8(10)4-2/h8-11H,3-7H2,1-2H3. The van der Waals surface area contributed by atoms with Gasteiger partial charge >= 0.3 is 0 Å². The summed E-state index contributed by atoms with van der Waals surface area (Å²) < 4.78 is 0. The third-order valence-electron chi connectivity index (χ3n) is 1.93. The maximum atomic E-state index is 9.28. The molecule has 2 heteroatoms. The van der Waals surface area contributed by atoms with Crippen molar-refractivity contribution in [3.05, 3.63) is 0 Å². The van der Waals surface area contributed by atoms with E-state index in [1.54, 1.807) is 0 Å². The molecule has 0 radical (unpaired) electrons. The highest BCUT2D eigenvalue weighted by Gasteiger charge is 2.06. The van der Waals surface area contributed by atoms with E-state index in [-0.39, 0.29) is 12.2 Å². The van der Waals surface area contributed by atoms with Crippen LogP contribution in [0.5, 0.6) is 0 Å². The van der Waals surface area contributed by atoms with E-state index >= 15 is 0 Å². The minimum atomic E-state index is -0.221. The molecule has 2 N–H and O–H groups in total. The maximum absolute atomic E-state index is 9.28. The summed E-state index contributed by atoms with van der Waals surface area (Å²) in [5.41, 5.74) is 0. The smallest absolute Gasteiger partial charge is 0.0541 e. The molecule has 0 heterocycles. The number of aliphatic hydroxyl groups excluding tert-OH is 2. The Morgan fingerprint density at radius 2 is 1.45 bits per heavy atom. The van der Waals surface area contributed by atoms with Crippen molar-refractivity contribution >= 4 is 0 Å². The van der Waals surface area contributed by atoms with Crippen molar-refractivity contribution < 1.29 is 10.2 Å². The summed E-state index contributed by atoms with van der Waals surface area (Å²) in [6, 6.07) is 0. The predicted octanol–water partition coefficient (Wildman–Crippen LogP) is 1.70. The van der Waals surface area contributed by atoms with Crippen molar-refractivity contribution in [2.75, 3.05) is 0 Å². The Kier molecular flexibility index (Phi) is 6.57. The minimum absolute atomic E-state index is 0.207. The second kappa shape index (κ2) is 6.62. The summed E-state index contributed by atoms with van der Waals surface area (Å²) in [5.74, 6) is 0. The molecule has 0 aliphatic heterocycles. The predicted molar refractivity (Wildman–Crippen MR) is 46.4 cm³/mol. The van der Waals surface area contributed by atoms with E-state index in [0.29, 0.717) is 0 Å². The fraction of sp³-hybridized carbons (Fsp3) is 1.00. The lowest BCUT2D eigenvalue weighted by Crippen LogP contribution is -2.11. The molecule has 0 fully saturated rings. The van der Waals surface area contributed by atoms with Crippen LogP contribution in [-0.4, -0.2) is 22.4 Å². The van der Waals surface area contributed by atoms with Crippen LogP contribution in [0.3, 0.4) is 0 Å². The Labute approximate surface area is 69.2 Å². The molecule has 0 spiro atoms. The van der Waals surface area contributed by atoms with Crippen molar-refractivity contribution in [3.8, 4) is 0 Å². The monoisotopic (exact) mass is 160 g/mol. The Morgan fingerprint density at radius 3 is 1.91 bits per heavy atom. The molecule has 0 aliphatic rings. The van der Waals surface area contributed by atoms with E-state index in [2.05, 4.69) is 6.92 Å². The SMILES string of the molecule is CCCC(O)CCC(O)CC. The van der Waals surface area contributed by atoms with Gasteiger partial charge in [0.1, 0.15) is 0 Å². The van der Waals surface area contributed by atoms with Crippen molar-refractivity contribution in [3.63, 3.8) is 0 Å². The van der Waals surface area contributed by atoms with Gasteiger partial charge in [-0.2, -0.15) is 0 Å². The summed E-state index contributed by atoms with van der Waals surface area (Å²) in [4.78, 5) is 0. The van der Waals surface area contributed by atoms with Gasteiger partial charge in [-0.3, -0.25) is 0 Å². The van der Waals surface area contributed by atoms with Crippen LogP contribution in [0.15, 0.2) is 0 Å². The van der Waals surface area contributed by atoms with Crippen LogP contribution in [-0.2, 0) is 0 Å². The molecule has 0 aromatic rings. The van der Waals surface area contributed by atoms with Crippen LogP contribution in [0.25, 0.3) is 0 Å². The Hall–Kier alpha value is -0.0800. The summed E-state index contributed by atoms with van der Waals surface area (Å²) in [7, 11) is 0. The highest BCUT2D eigenvalue weighted by molar-refractivity contribution is 4.59. The van der Waals surface area contributed by atoms with Crippen LogP contribution in [0, 0.1) is 0 Å². The van der Waals surface area contributed by atoms with Gasteiger partial charge in [-0.15, -0.1) is 0 Å². The first-order valence-corrected chi connectivity index (χ1v) is 4.56. The third kappa shape index (κ3) is 6.32. The lowest BCUT2D eigenvalue weighted by atomic mass is 10.1. The molecule has 0 saturated carbocycles. The van der Waals surface area contributed by atoms with Crippen molar-refractivity contribution in [2.24, 2.45) is 0 Å². The molecule has 11 heavy (non-hydrogen) atoms. The average molecular weight is 160 g/mol. The minimum Gasteiger partial charge on any atom is -0.393 e. The first kappa shape index (κ1) is 10.9. The second-order valence-corrected chi connectivity index (χ2v) is 3.08. The number of hydrogen-bond acceptors (Lipinski definition) is 2. The molecule has 2 unspecified atom stereocenters. The van der Waals surface area contributed by atoms with Gasteiger partial charge in [0.2, 0.25) is 0 Å². The van der Waals surface area contributed by atoms with E-state index in [9.17, 15) is 5.11 Å². The number of rotatable bonds is 6. The fourth-order valence-electron chi connectivity index (χ4n) is 1.07. The van der Waals surface area contributed by atoms with Crippen molar-refractivity contribution in [2.45, 2.75) is 58.2 Å². The van der Waals surface area contributed by atoms with Gasteiger partial charge in [0.25, 0.3) is 0 Å². The first-order chi connectivity index (χ1) is 5.20. The van der Waals surface area contributed by atoms with E-state index in [0.717, 1.165) is 32.1 Å². The van der Waals surface area contributed by atoms with Gasteiger partial charge < -0.3 is 10.2 Å². The number of aliphatic hydroxyl groups is 2. The molecule has 68 valence electrons. The molecule has 0 amide bonds. The molecule has 2 nitrogen and oxygen atoms in total. The zero-order valence-corrected chi connectivity index (χ0v) is 7.58. The summed E-state index contributed by atoms with van der Waals surface area (Å²) >= 11 is 0. The maximum Gasteiger partial charge on any atom is 0.0541 e. The van der Waals surface area contributed by atoms with E-state index < -0.39 is 0 Å². The highest BCUT2D eigenvalue weighted by Crippen LogP contribution is 2.08. The van der Waals surface area contributed by atoms with Gasteiger partial charge in [0.05, 0.1) is 12.2 Å². The average Bonchev–Trinajstić information content (AvgIpc) is 2.01. The molecule has 0 rings (SSSR count). The van der Waals surface area contributed by atoms with E-state index in [1.807, 2.05) is 6.92 Å². The van der Waals surface area contributed by atoms with Gasteiger partial charge in [0, 0.05) is 0 Å². The van der Waals surface area contributed by atoms with E-state index in [1.165, 1.54) is 0 Å². The van der Waals surface area contributed by atoms with Gasteiger partial charge in [0.15, 0.2) is 0 Å². The molecule has 0 aromatic carbocycles.